The lowest BCUT2D eigenvalue weighted by Crippen LogP contribution is -2.29. The molecule has 1 aliphatic rings. The first kappa shape index (κ1) is 20.0. The molecule has 1 saturated heterocycles. The van der Waals surface area contributed by atoms with Gasteiger partial charge >= 0.3 is 0 Å². The predicted octanol–water partition coefficient (Wildman–Crippen LogP) is 2.49. The van der Waals surface area contributed by atoms with Crippen molar-refractivity contribution in [1.29, 1.82) is 5.26 Å². The summed E-state index contributed by atoms with van der Waals surface area (Å²) < 4.78 is 23.2. The minimum atomic E-state index is -3.02. The average Bonchev–Trinajstić information content (AvgIpc) is 2.98. The number of carbonyl (C=O) groups excluding carboxylic acids is 1. The first-order chi connectivity index (χ1) is 12.3. The number of nitrogens with zero attached hydrogens (tertiary/aromatic N) is 2. The summed E-state index contributed by atoms with van der Waals surface area (Å²) in [6.07, 6.45) is 5.19. The molecular weight excluding hydrogens is 350 g/mol. The Morgan fingerprint density at radius 3 is 2.62 bits per heavy atom. The maximum absolute atomic E-state index is 12.3. The highest BCUT2D eigenvalue weighted by molar-refractivity contribution is 7.91. The Balaban J connectivity index is 2.00. The van der Waals surface area contributed by atoms with Crippen molar-refractivity contribution in [1.82, 2.24) is 4.90 Å². The van der Waals surface area contributed by atoms with E-state index in [1.54, 1.807) is 11.9 Å². The fraction of sp³-hybridized carbons (Fsp3) is 0.474. The molecule has 1 N–H and O–H groups in total. The second-order valence-electron chi connectivity index (χ2n) is 6.63. The summed E-state index contributed by atoms with van der Waals surface area (Å²) in [5, 5.41) is 12.0. The van der Waals surface area contributed by atoms with E-state index in [2.05, 4.69) is 12.2 Å². The van der Waals surface area contributed by atoms with Crippen molar-refractivity contribution in [2.24, 2.45) is 0 Å². The van der Waals surface area contributed by atoms with E-state index in [-0.39, 0.29) is 23.1 Å². The zero-order valence-electron chi connectivity index (χ0n) is 15.2. The number of nitrogens with one attached hydrogen (secondary N) is 1. The van der Waals surface area contributed by atoms with Gasteiger partial charge in [0.25, 0.3) is 5.91 Å². The van der Waals surface area contributed by atoms with E-state index >= 15 is 0 Å². The summed E-state index contributed by atoms with van der Waals surface area (Å²) in [5.74, 6) is -0.296. The van der Waals surface area contributed by atoms with Gasteiger partial charge in [-0.05, 0) is 37.0 Å². The zero-order valence-corrected chi connectivity index (χ0v) is 16.1. The van der Waals surface area contributed by atoms with Crippen LogP contribution in [0.1, 0.15) is 31.7 Å². The Labute approximate surface area is 155 Å². The van der Waals surface area contributed by atoms with Gasteiger partial charge < -0.3 is 10.2 Å². The van der Waals surface area contributed by atoms with Crippen LogP contribution in [0.4, 0.5) is 5.69 Å². The summed E-state index contributed by atoms with van der Waals surface area (Å²) in [6, 6.07) is 9.28. The molecule has 0 aliphatic carbocycles. The van der Waals surface area contributed by atoms with Crippen molar-refractivity contribution in [2.45, 2.75) is 38.6 Å². The number of rotatable bonds is 7. The quantitative estimate of drug-likeness (QED) is 0.584. The lowest BCUT2D eigenvalue weighted by Gasteiger charge is -2.21. The van der Waals surface area contributed by atoms with Gasteiger partial charge in [-0.1, -0.05) is 25.5 Å². The van der Waals surface area contributed by atoms with Crippen LogP contribution >= 0.6 is 0 Å². The molecule has 6 nitrogen and oxygen atoms in total. The molecule has 1 aromatic rings. The van der Waals surface area contributed by atoms with Gasteiger partial charge in [0.2, 0.25) is 0 Å². The van der Waals surface area contributed by atoms with Gasteiger partial charge in [-0.25, -0.2) is 8.42 Å². The highest BCUT2D eigenvalue weighted by Crippen LogP contribution is 2.18. The van der Waals surface area contributed by atoms with E-state index < -0.39 is 15.7 Å². The van der Waals surface area contributed by atoms with Crippen LogP contribution in [0.3, 0.4) is 0 Å². The van der Waals surface area contributed by atoms with E-state index in [9.17, 15) is 18.5 Å². The number of aryl methyl sites for hydroxylation is 1. The first-order valence-corrected chi connectivity index (χ1v) is 10.6. The smallest absolute Gasteiger partial charge is 0.267 e. The molecule has 1 aromatic carbocycles. The third kappa shape index (κ3) is 5.60. The number of anilines is 1. The van der Waals surface area contributed by atoms with Gasteiger partial charge in [0.15, 0.2) is 9.84 Å². The van der Waals surface area contributed by atoms with E-state index in [1.165, 1.54) is 11.8 Å². The second kappa shape index (κ2) is 8.86. The molecular formula is C19H25N3O3S. The Morgan fingerprint density at radius 2 is 2.08 bits per heavy atom. The molecule has 7 heteroatoms. The average molecular weight is 375 g/mol. The molecule has 2 rings (SSSR count). The van der Waals surface area contributed by atoms with Crippen molar-refractivity contribution in [2.75, 3.05) is 23.9 Å². The number of benzene rings is 1. The Kier molecular flexibility index (Phi) is 6.81. The van der Waals surface area contributed by atoms with E-state index in [0.29, 0.717) is 12.1 Å². The Morgan fingerprint density at radius 1 is 1.38 bits per heavy atom. The molecule has 1 fully saturated rings. The molecule has 0 radical (unpaired) electrons. The normalized spacial score (nSPS) is 19.0. The first-order valence-electron chi connectivity index (χ1n) is 8.79. The number of nitriles is 1. The maximum atomic E-state index is 12.3. The van der Waals surface area contributed by atoms with Gasteiger partial charge in [0.1, 0.15) is 11.6 Å². The number of carbonyl (C=O) groups is 1. The molecule has 26 heavy (non-hydrogen) atoms. The highest BCUT2D eigenvalue weighted by Gasteiger charge is 2.30. The third-order valence-corrected chi connectivity index (χ3v) is 6.26. The molecule has 0 bridgehead atoms. The van der Waals surface area contributed by atoms with Crippen LogP contribution in [-0.4, -0.2) is 43.8 Å². The van der Waals surface area contributed by atoms with Crippen molar-refractivity contribution >= 4 is 21.4 Å². The minimum absolute atomic E-state index is 0.0492. The SMILES string of the molecule is CCCCc1ccc(NC(=O)/C(C#N)=C\N(C)C2CCS(=O)(=O)C2)cc1. The Hall–Kier alpha value is -2.33. The molecule has 0 saturated carbocycles. The molecule has 140 valence electrons. The molecule has 1 atom stereocenters. The van der Waals surface area contributed by atoms with E-state index in [4.69, 9.17) is 0 Å². The van der Waals surface area contributed by atoms with Crippen molar-refractivity contribution in [3.05, 3.63) is 41.6 Å². The largest absolute Gasteiger partial charge is 0.375 e. The molecule has 1 unspecified atom stereocenters. The maximum Gasteiger partial charge on any atom is 0.267 e. The van der Waals surface area contributed by atoms with Crippen LogP contribution < -0.4 is 5.32 Å². The minimum Gasteiger partial charge on any atom is -0.375 e. The number of hydrogen-bond donors (Lipinski definition) is 1. The molecule has 0 aromatic heterocycles. The lowest BCUT2D eigenvalue weighted by molar-refractivity contribution is -0.112. The van der Waals surface area contributed by atoms with Crippen LogP contribution in [0.15, 0.2) is 36.0 Å². The van der Waals surface area contributed by atoms with Crippen molar-refractivity contribution < 1.29 is 13.2 Å². The van der Waals surface area contributed by atoms with Crippen LogP contribution in [0.5, 0.6) is 0 Å². The van der Waals surface area contributed by atoms with Gasteiger partial charge in [-0.2, -0.15) is 5.26 Å². The highest BCUT2D eigenvalue weighted by atomic mass is 32.2. The predicted molar refractivity (Wildman–Crippen MR) is 102 cm³/mol. The lowest BCUT2D eigenvalue weighted by atomic mass is 10.1. The summed E-state index contributed by atoms with van der Waals surface area (Å²) in [7, 11) is -1.32. The fourth-order valence-corrected chi connectivity index (χ4v) is 4.66. The van der Waals surface area contributed by atoms with E-state index in [1.807, 2.05) is 30.3 Å². The summed E-state index contributed by atoms with van der Waals surface area (Å²) in [4.78, 5) is 14.0. The van der Waals surface area contributed by atoms with Crippen LogP contribution in [-0.2, 0) is 21.1 Å². The molecule has 1 aliphatic heterocycles. The second-order valence-corrected chi connectivity index (χ2v) is 8.86. The molecule has 1 amide bonds. The van der Waals surface area contributed by atoms with Crippen molar-refractivity contribution in [3.63, 3.8) is 0 Å². The zero-order chi connectivity index (χ0) is 19.2. The third-order valence-electron chi connectivity index (χ3n) is 4.51. The monoisotopic (exact) mass is 375 g/mol. The number of amides is 1. The number of unbranched alkanes of at least 4 members (excludes halogenated alkanes) is 1. The van der Waals surface area contributed by atoms with Crippen LogP contribution in [0, 0.1) is 11.3 Å². The number of hydrogen-bond acceptors (Lipinski definition) is 5. The Bertz CT molecular complexity index is 807. The topological polar surface area (TPSA) is 90.3 Å². The summed E-state index contributed by atoms with van der Waals surface area (Å²) in [5.41, 5.74) is 1.79. The van der Waals surface area contributed by atoms with Crippen molar-refractivity contribution in [3.8, 4) is 6.07 Å². The van der Waals surface area contributed by atoms with Gasteiger partial charge in [0.05, 0.1) is 11.5 Å². The molecule has 1 heterocycles. The fourth-order valence-electron chi connectivity index (χ4n) is 2.88. The van der Waals surface area contributed by atoms with Crippen LogP contribution in [0.2, 0.25) is 0 Å². The van der Waals surface area contributed by atoms with Gasteiger partial charge in [-0.15, -0.1) is 0 Å². The molecule has 0 spiro atoms. The summed E-state index contributed by atoms with van der Waals surface area (Å²) >= 11 is 0. The standard InChI is InChI=1S/C19H25N3O3S/c1-3-4-5-15-6-8-17(9-7-15)21-19(23)16(12-20)13-22(2)18-10-11-26(24,25)14-18/h6-9,13,18H,3-5,10-11,14H2,1-2H3,(H,21,23)/b16-13-. The van der Waals surface area contributed by atoms with Crippen LogP contribution in [0.25, 0.3) is 0 Å². The van der Waals surface area contributed by atoms with E-state index in [0.717, 1.165) is 19.3 Å². The van der Waals surface area contributed by atoms with Gasteiger partial charge in [0, 0.05) is 25.0 Å². The number of sulfone groups is 1. The van der Waals surface area contributed by atoms with Gasteiger partial charge in [-0.3, -0.25) is 4.79 Å². The summed E-state index contributed by atoms with van der Waals surface area (Å²) in [6.45, 7) is 2.14.